The standard InChI is InChI=1S/C16H20N2O/c1-12(2)18-9-8-15(17-18)11-16(19)10-14-7-5-4-6-13(14)3/h4-9,12H,10-11H2,1-3H3. The van der Waals surface area contributed by atoms with E-state index in [0.717, 1.165) is 11.3 Å². The van der Waals surface area contributed by atoms with Crippen LogP contribution >= 0.6 is 0 Å². The van der Waals surface area contributed by atoms with E-state index in [1.54, 1.807) is 0 Å². The molecule has 100 valence electrons. The highest BCUT2D eigenvalue weighted by atomic mass is 16.1. The van der Waals surface area contributed by atoms with Gasteiger partial charge in [0.05, 0.1) is 12.1 Å². The van der Waals surface area contributed by atoms with Crippen LogP contribution in [0.15, 0.2) is 36.5 Å². The molecular formula is C16H20N2O. The molecule has 0 spiro atoms. The lowest BCUT2D eigenvalue weighted by Crippen LogP contribution is -2.09. The molecule has 0 aliphatic heterocycles. The van der Waals surface area contributed by atoms with Crippen LogP contribution in [-0.4, -0.2) is 15.6 Å². The summed E-state index contributed by atoms with van der Waals surface area (Å²) in [5, 5.41) is 4.41. The molecule has 1 aromatic carbocycles. The molecule has 0 fully saturated rings. The van der Waals surface area contributed by atoms with Crippen molar-refractivity contribution >= 4 is 5.78 Å². The summed E-state index contributed by atoms with van der Waals surface area (Å²) >= 11 is 0. The van der Waals surface area contributed by atoms with Gasteiger partial charge in [0.15, 0.2) is 0 Å². The number of carbonyl (C=O) groups excluding carboxylic acids is 1. The summed E-state index contributed by atoms with van der Waals surface area (Å²) in [4.78, 5) is 12.1. The zero-order valence-corrected chi connectivity index (χ0v) is 11.8. The van der Waals surface area contributed by atoms with Crippen LogP contribution in [0.5, 0.6) is 0 Å². The van der Waals surface area contributed by atoms with Crippen molar-refractivity contribution in [3.63, 3.8) is 0 Å². The third kappa shape index (κ3) is 3.53. The molecule has 0 amide bonds. The highest BCUT2D eigenvalue weighted by molar-refractivity contribution is 5.83. The van der Waals surface area contributed by atoms with Gasteiger partial charge in [-0.2, -0.15) is 5.10 Å². The van der Waals surface area contributed by atoms with Crippen molar-refractivity contribution in [3.8, 4) is 0 Å². The van der Waals surface area contributed by atoms with E-state index in [2.05, 4.69) is 18.9 Å². The molecule has 0 N–H and O–H groups in total. The Labute approximate surface area is 114 Å². The Hall–Kier alpha value is -1.90. The van der Waals surface area contributed by atoms with E-state index in [1.807, 2.05) is 48.1 Å². The second kappa shape index (κ2) is 5.83. The summed E-state index contributed by atoms with van der Waals surface area (Å²) in [6.07, 6.45) is 2.83. The summed E-state index contributed by atoms with van der Waals surface area (Å²) < 4.78 is 1.89. The number of carbonyl (C=O) groups is 1. The minimum absolute atomic E-state index is 0.211. The number of aromatic nitrogens is 2. The predicted octanol–water partition coefficient (Wildman–Crippen LogP) is 3.13. The lowest BCUT2D eigenvalue weighted by Gasteiger charge is -2.05. The Bertz CT molecular complexity index is 570. The van der Waals surface area contributed by atoms with Gasteiger partial charge >= 0.3 is 0 Å². The highest BCUT2D eigenvalue weighted by Gasteiger charge is 2.09. The average molecular weight is 256 g/mol. The molecule has 2 rings (SSSR count). The second-order valence-electron chi connectivity index (χ2n) is 5.20. The van der Waals surface area contributed by atoms with Gasteiger partial charge in [0, 0.05) is 18.7 Å². The van der Waals surface area contributed by atoms with Crippen LogP contribution in [-0.2, 0) is 17.6 Å². The molecule has 3 nitrogen and oxygen atoms in total. The van der Waals surface area contributed by atoms with E-state index in [0.29, 0.717) is 18.9 Å². The monoisotopic (exact) mass is 256 g/mol. The van der Waals surface area contributed by atoms with Gasteiger partial charge in [-0.1, -0.05) is 24.3 Å². The molecule has 0 bridgehead atoms. The Kier molecular flexibility index (Phi) is 4.15. The number of aryl methyl sites for hydroxylation is 1. The van der Waals surface area contributed by atoms with Crippen molar-refractivity contribution in [3.05, 3.63) is 53.3 Å². The summed E-state index contributed by atoms with van der Waals surface area (Å²) in [6, 6.07) is 10.3. The van der Waals surface area contributed by atoms with Crippen molar-refractivity contribution in [2.24, 2.45) is 0 Å². The smallest absolute Gasteiger partial charge is 0.143 e. The zero-order valence-electron chi connectivity index (χ0n) is 11.8. The van der Waals surface area contributed by atoms with Gasteiger partial charge in [0.25, 0.3) is 0 Å². The molecule has 0 aliphatic carbocycles. The molecular weight excluding hydrogens is 236 g/mol. The first-order chi connectivity index (χ1) is 9.06. The molecule has 0 unspecified atom stereocenters. The van der Waals surface area contributed by atoms with Crippen LogP contribution in [0.4, 0.5) is 0 Å². The third-order valence-corrected chi connectivity index (χ3v) is 3.22. The van der Waals surface area contributed by atoms with Crippen LogP contribution in [0.3, 0.4) is 0 Å². The SMILES string of the molecule is Cc1ccccc1CC(=O)Cc1ccn(C(C)C)n1. The molecule has 0 aliphatic rings. The lowest BCUT2D eigenvalue weighted by atomic mass is 10.0. The molecule has 0 atom stereocenters. The van der Waals surface area contributed by atoms with E-state index in [9.17, 15) is 4.79 Å². The number of benzene rings is 1. The number of rotatable bonds is 5. The molecule has 19 heavy (non-hydrogen) atoms. The van der Waals surface area contributed by atoms with E-state index in [-0.39, 0.29) is 5.78 Å². The van der Waals surface area contributed by atoms with Gasteiger partial charge in [0.2, 0.25) is 0 Å². The second-order valence-corrected chi connectivity index (χ2v) is 5.20. The number of nitrogens with zero attached hydrogens (tertiary/aromatic N) is 2. The first kappa shape index (κ1) is 13.5. The molecule has 1 aromatic heterocycles. The zero-order chi connectivity index (χ0) is 13.8. The topological polar surface area (TPSA) is 34.9 Å². The van der Waals surface area contributed by atoms with Gasteiger partial charge in [-0.15, -0.1) is 0 Å². The van der Waals surface area contributed by atoms with Gasteiger partial charge in [0.1, 0.15) is 5.78 Å². The normalized spacial score (nSPS) is 10.9. The first-order valence-corrected chi connectivity index (χ1v) is 6.66. The van der Waals surface area contributed by atoms with Crippen LogP contribution in [0.1, 0.15) is 36.7 Å². The van der Waals surface area contributed by atoms with Crippen LogP contribution in [0, 0.1) is 6.92 Å². The summed E-state index contributed by atoms with van der Waals surface area (Å²) in [7, 11) is 0. The maximum atomic E-state index is 12.1. The predicted molar refractivity (Wildman–Crippen MR) is 76.2 cm³/mol. The number of hydrogen-bond donors (Lipinski definition) is 0. The Morgan fingerprint density at radius 2 is 1.95 bits per heavy atom. The van der Waals surface area contributed by atoms with Gasteiger partial charge in [-0.3, -0.25) is 9.48 Å². The van der Waals surface area contributed by atoms with Crippen molar-refractivity contribution < 1.29 is 4.79 Å². The van der Waals surface area contributed by atoms with E-state index in [1.165, 1.54) is 5.56 Å². The molecule has 2 aromatic rings. The Balaban J connectivity index is 1.99. The fourth-order valence-electron chi connectivity index (χ4n) is 2.04. The number of hydrogen-bond acceptors (Lipinski definition) is 2. The fourth-order valence-corrected chi connectivity index (χ4v) is 2.04. The minimum Gasteiger partial charge on any atom is -0.299 e. The summed E-state index contributed by atoms with van der Waals surface area (Å²) in [5.74, 6) is 0.211. The molecule has 1 heterocycles. The first-order valence-electron chi connectivity index (χ1n) is 6.66. The van der Waals surface area contributed by atoms with Crippen molar-refractivity contribution in [1.29, 1.82) is 0 Å². The minimum atomic E-state index is 0.211. The van der Waals surface area contributed by atoms with Crippen LogP contribution in [0.25, 0.3) is 0 Å². The van der Waals surface area contributed by atoms with E-state index in [4.69, 9.17) is 0 Å². The van der Waals surface area contributed by atoms with E-state index < -0.39 is 0 Å². The lowest BCUT2D eigenvalue weighted by molar-refractivity contribution is -0.117. The maximum absolute atomic E-state index is 12.1. The largest absolute Gasteiger partial charge is 0.299 e. The Morgan fingerprint density at radius 1 is 1.21 bits per heavy atom. The van der Waals surface area contributed by atoms with E-state index >= 15 is 0 Å². The van der Waals surface area contributed by atoms with Crippen molar-refractivity contribution in [2.75, 3.05) is 0 Å². The average Bonchev–Trinajstić information content (AvgIpc) is 2.80. The van der Waals surface area contributed by atoms with Gasteiger partial charge in [-0.25, -0.2) is 0 Å². The third-order valence-electron chi connectivity index (χ3n) is 3.22. The van der Waals surface area contributed by atoms with Gasteiger partial charge in [-0.05, 0) is 38.0 Å². The number of ketones is 1. The molecule has 0 saturated heterocycles. The molecule has 0 saturated carbocycles. The highest BCUT2D eigenvalue weighted by Crippen LogP contribution is 2.10. The quantitative estimate of drug-likeness (QED) is 0.823. The molecule has 0 radical (unpaired) electrons. The number of Topliss-reactive ketones (excluding diaryl/α,β-unsaturated/α-hetero) is 1. The maximum Gasteiger partial charge on any atom is 0.143 e. The van der Waals surface area contributed by atoms with Crippen molar-refractivity contribution in [2.45, 2.75) is 39.7 Å². The molecule has 3 heteroatoms. The Morgan fingerprint density at radius 3 is 2.58 bits per heavy atom. The van der Waals surface area contributed by atoms with Crippen LogP contribution < -0.4 is 0 Å². The summed E-state index contributed by atoms with van der Waals surface area (Å²) in [5.41, 5.74) is 3.13. The van der Waals surface area contributed by atoms with Crippen LogP contribution in [0.2, 0.25) is 0 Å². The van der Waals surface area contributed by atoms with Gasteiger partial charge < -0.3 is 0 Å². The summed E-state index contributed by atoms with van der Waals surface area (Å²) in [6.45, 7) is 6.19. The fraction of sp³-hybridized carbons (Fsp3) is 0.375. The van der Waals surface area contributed by atoms with Crippen molar-refractivity contribution in [1.82, 2.24) is 9.78 Å².